The summed E-state index contributed by atoms with van der Waals surface area (Å²) in [6, 6.07) is 2.98. The predicted molar refractivity (Wildman–Crippen MR) is 95.8 cm³/mol. The molecule has 1 aliphatic carbocycles. The molecule has 1 saturated carbocycles. The summed E-state index contributed by atoms with van der Waals surface area (Å²) in [5.74, 6) is 0.0171. The summed E-state index contributed by atoms with van der Waals surface area (Å²) in [6.45, 7) is 5.60. The molecule has 1 aromatic rings. The molecule has 0 bridgehead atoms. The van der Waals surface area contributed by atoms with Gasteiger partial charge in [-0.2, -0.15) is 0 Å². The molecule has 1 aliphatic heterocycles. The Hall–Kier alpha value is -1.15. The van der Waals surface area contributed by atoms with E-state index >= 15 is 0 Å². The lowest BCUT2D eigenvalue weighted by molar-refractivity contribution is -0.118. The summed E-state index contributed by atoms with van der Waals surface area (Å²) in [6.07, 6.45) is 2.98. The van der Waals surface area contributed by atoms with Gasteiger partial charge in [-0.25, -0.2) is 13.6 Å². The van der Waals surface area contributed by atoms with Gasteiger partial charge in [0.15, 0.2) is 0 Å². The molecule has 8 heteroatoms. The summed E-state index contributed by atoms with van der Waals surface area (Å²) in [4.78, 5) is 12.6. The van der Waals surface area contributed by atoms with Crippen LogP contribution in [-0.4, -0.2) is 27.4 Å². The molecule has 0 aromatic heterocycles. The number of hydrogen-bond donors (Lipinski definition) is 3. The molecule has 1 atom stereocenters. The maximum Gasteiger partial charge on any atom is 0.238 e. The maximum atomic E-state index is 12.6. The first-order valence-electron chi connectivity index (χ1n) is 7.89. The fourth-order valence-electron chi connectivity index (χ4n) is 3.54. The largest absolute Gasteiger partial charge is 0.326 e. The fraction of sp³-hybridized carbons (Fsp3) is 0.562. The number of aryl methyl sites for hydroxylation is 1. The van der Waals surface area contributed by atoms with Crippen molar-refractivity contribution in [2.24, 2.45) is 16.5 Å². The summed E-state index contributed by atoms with van der Waals surface area (Å²) in [7, 11) is -3.79. The number of amides is 1. The highest BCUT2D eigenvalue weighted by Gasteiger charge is 2.57. The topological polar surface area (TPSA) is 101 Å². The van der Waals surface area contributed by atoms with Crippen LogP contribution in [0.3, 0.4) is 0 Å². The van der Waals surface area contributed by atoms with Crippen molar-refractivity contribution in [1.29, 1.82) is 0 Å². The lowest BCUT2D eigenvalue weighted by Crippen LogP contribution is -2.31. The van der Waals surface area contributed by atoms with Gasteiger partial charge in [0.1, 0.15) is 0 Å². The van der Waals surface area contributed by atoms with Gasteiger partial charge in [0.25, 0.3) is 0 Å². The first-order chi connectivity index (χ1) is 10.7. The number of benzene rings is 1. The van der Waals surface area contributed by atoms with E-state index in [0.717, 1.165) is 43.5 Å². The number of carbonyl (C=O) groups excluding carboxylic acids is 1. The molecule has 134 valence electrons. The first-order valence-corrected chi connectivity index (χ1v) is 9.43. The molecule has 3 rings (SSSR count). The van der Waals surface area contributed by atoms with Crippen LogP contribution in [0.15, 0.2) is 17.0 Å². The predicted octanol–water partition coefficient (Wildman–Crippen LogP) is 1.70. The van der Waals surface area contributed by atoms with E-state index in [-0.39, 0.29) is 34.5 Å². The maximum absolute atomic E-state index is 12.6. The average molecular weight is 374 g/mol. The third-order valence-corrected chi connectivity index (χ3v) is 6.23. The number of nitrogens with two attached hydrogens (primary N) is 1. The molecule has 1 spiro atoms. The molecule has 1 unspecified atom stereocenters. The minimum Gasteiger partial charge on any atom is -0.326 e. The molecule has 6 nitrogen and oxygen atoms in total. The van der Waals surface area contributed by atoms with Gasteiger partial charge in [-0.15, -0.1) is 12.4 Å². The van der Waals surface area contributed by atoms with Gasteiger partial charge in [-0.3, -0.25) is 4.79 Å². The van der Waals surface area contributed by atoms with Crippen LogP contribution in [0.5, 0.6) is 0 Å². The SMILES string of the molecule is Cc1cc(S(N)(=O)=O)cc(NC(=O)C2CC23CCNCC3)c1C.Cl. The molecule has 24 heavy (non-hydrogen) atoms. The van der Waals surface area contributed by atoms with Gasteiger partial charge in [0.05, 0.1) is 4.90 Å². The minimum atomic E-state index is -3.79. The highest BCUT2D eigenvalue weighted by molar-refractivity contribution is 7.89. The summed E-state index contributed by atoms with van der Waals surface area (Å²) in [5, 5.41) is 11.4. The number of carbonyl (C=O) groups is 1. The summed E-state index contributed by atoms with van der Waals surface area (Å²) < 4.78 is 23.2. The fourth-order valence-corrected chi connectivity index (χ4v) is 4.16. The second-order valence-electron chi connectivity index (χ2n) is 6.82. The van der Waals surface area contributed by atoms with Crippen molar-refractivity contribution >= 4 is 34.0 Å². The van der Waals surface area contributed by atoms with Crippen molar-refractivity contribution in [3.05, 3.63) is 23.3 Å². The van der Waals surface area contributed by atoms with Crippen LogP contribution in [0.2, 0.25) is 0 Å². The van der Waals surface area contributed by atoms with E-state index in [2.05, 4.69) is 10.6 Å². The third-order valence-electron chi connectivity index (χ3n) is 5.33. The smallest absolute Gasteiger partial charge is 0.238 e. The number of piperidine rings is 1. The summed E-state index contributed by atoms with van der Waals surface area (Å²) in [5.41, 5.74) is 2.34. The van der Waals surface area contributed by atoms with Crippen molar-refractivity contribution < 1.29 is 13.2 Å². The molecule has 4 N–H and O–H groups in total. The van der Waals surface area contributed by atoms with Crippen molar-refractivity contribution in [3.63, 3.8) is 0 Å². The van der Waals surface area contributed by atoms with E-state index in [4.69, 9.17) is 5.14 Å². The normalized spacial score (nSPS) is 21.9. The Morgan fingerprint density at radius 3 is 2.50 bits per heavy atom. The number of primary sulfonamides is 1. The second-order valence-corrected chi connectivity index (χ2v) is 8.38. The summed E-state index contributed by atoms with van der Waals surface area (Å²) >= 11 is 0. The highest BCUT2D eigenvalue weighted by atomic mass is 35.5. The standard InChI is InChI=1S/C16H23N3O3S.ClH/c1-10-7-12(23(17,21)22)8-14(11(10)2)19-15(20)13-9-16(13)3-5-18-6-4-16;/h7-8,13,18H,3-6,9H2,1-2H3,(H,19,20)(H2,17,21,22);1H. The average Bonchev–Trinajstić information content (AvgIpc) is 3.16. The molecule has 1 saturated heterocycles. The number of halogens is 1. The van der Waals surface area contributed by atoms with E-state index in [0.29, 0.717) is 5.69 Å². The molecular formula is C16H24ClN3O3S. The number of hydrogen-bond acceptors (Lipinski definition) is 4. The molecular weight excluding hydrogens is 350 g/mol. The van der Waals surface area contributed by atoms with Crippen molar-refractivity contribution in [2.45, 2.75) is 38.0 Å². The molecule has 1 amide bonds. The second kappa shape index (κ2) is 6.63. The van der Waals surface area contributed by atoms with Crippen LogP contribution in [0.4, 0.5) is 5.69 Å². The van der Waals surface area contributed by atoms with E-state index < -0.39 is 10.0 Å². The van der Waals surface area contributed by atoms with Crippen LogP contribution in [0, 0.1) is 25.2 Å². The zero-order chi connectivity index (χ0) is 16.8. The Kier molecular flexibility index (Phi) is 5.30. The van der Waals surface area contributed by atoms with Crippen molar-refractivity contribution in [1.82, 2.24) is 5.32 Å². The van der Waals surface area contributed by atoms with Crippen LogP contribution >= 0.6 is 12.4 Å². The Morgan fingerprint density at radius 1 is 1.29 bits per heavy atom. The van der Waals surface area contributed by atoms with Gasteiger partial charge in [0, 0.05) is 11.6 Å². The highest BCUT2D eigenvalue weighted by Crippen LogP contribution is 2.58. The zero-order valence-corrected chi connectivity index (χ0v) is 15.5. The Bertz CT molecular complexity index is 758. The lowest BCUT2D eigenvalue weighted by atomic mass is 9.91. The molecule has 2 fully saturated rings. The number of nitrogens with one attached hydrogen (secondary N) is 2. The lowest BCUT2D eigenvalue weighted by Gasteiger charge is -2.23. The van der Waals surface area contributed by atoms with E-state index in [1.54, 1.807) is 0 Å². The molecule has 1 heterocycles. The van der Waals surface area contributed by atoms with Crippen LogP contribution < -0.4 is 15.8 Å². The van der Waals surface area contributed by atoms with Gasteiger partial charge in [-0.05, 0) is 74.9 Å². The van der Waals surface area contributed by atoms with E-state index in [1.165, 1.54) is 12.1 Å². The number of sulfonamides is 1. The molecule has 1 aromatic carbocycles. The van der Waals surface area contributed by atoms with Crippen LogP contribution in [0.1, 0.15) is 30.4 Å². The van der Waals surface area contributed by atoms with Crippen LogP contribution in [0.25, 0.3) is 0 Å². The third kappa shape index (κ3) is 3.59. The Morgan fingerprint density at radius 2 is 1.92 bits per heavy atom. The molecule has 0 radical (unpaired) electrons. The van der Waals surface area contributed by atoms with Gasteiger partial charge < -0.3 is 10.6 Å². The quantitative estimate of drug-likeness (QED) is 0.750. The van der Waals surface area contributed by atoms with Gasteiger partial charge >= 0.3 is 0 Å². The Balaban J connectivity index is 0.00000208. The van der Waals surface area contributed by atoms with E-state index in [9.17, 15) is 13.2 Å². The minimum absolute atomic E-state index is 0. The first kappa shape index (κ1) is 19.2. The van der Waals surface area contributed by atoms with Gasteiger partial charge in [-0.1, -0.05) is 0 Å². The van der Waals surface area contributed by atoms with Gasteiger partial charge in [0.2, 0.25) is 15.9 Å². The zero-order valence-electron chi connectivity index (χ0n) is 13.9. The van der Waals surface area contributed by atoms with E-state index in [1.807, 2.05) is 13.8 Å². The van der Waals surface area contributed by atoms with Crippen molar-refractivity contribution in [2.75, 3.05) is 18.4 Å². The number of rotatable bonds is 3. The Labute approximate surface area is 149 Å². The number of anilines is 1. The molecule has 2 aliphatic rings. The van der Waals surface area contributed by atoms with Crippen LogP contribution in [-0.2, 0) is 14.8 Å². The monoisotopic (exact) mass is 373 g/mol. The van der Waals surface area contributed by atoms with Crippen molar-refractivity contribution in [3.8, 4) is 0 Å².